The molecule has 6 nitrogen and oxygen atoms in total. The lowest BCUT2D eigenvalue weighted by molar-refractivity contribution is 0.0892. The lowest BCUT2D eigenvalue weighted by Gasteiger charge is -2.36. The van der Waals surface area contributed by atoms with Crippen LogP contribution in [-0.4, -0.2) is 81.5 Å². The third-order valence-electron chi connectivity index (χ3n) is 5.10. The highest BCUT2D eigenvalue weighted by atomic mass is 35.5. The minimum atomic E-state index is 0.585. The Bertz CT molecular complexity index is 599. The monoisotopic (exact) mass is 428 g/mol. The van der Waals surface area contributed by atoms with Gasteiger partial charge in [0.1, 0.15) is 0 Å². The van der Waals surface area contributed by atoms with E-state index in [1.165, 1.54) is 4.88 Å². The summed E-state index contributed by atoms with van der Waals surface area (Å²) in [7, 11) is 0. The van der Waals surface area contributed by atoms with E-state index in [1.807, 2.05) is 6.07 Å². The molecular weight excluding hydrogens is 396 g/mol. The molecule has 3 heterocycles. The van der Waals surface area contributed by atoms with Crippen LogP contribution in [0.5, 0.6) is 0 Å². The Hall–Kier alpha value is -0.860. The predicted octanol–water partition coefficient (Wildman–Crippen LogP) is 2.93. The van der Waals surface area contributed by atoms with E-state index in [1.54, 1.807) is 11.3 Å². The van der Waals surface area contributed by atoms with Gasteiger partial charge in [-0.3, -0.25) is 9.89 Å². The van der Waals surface area contributed by atoms with Crippen molar-refractivity contribution in [3.05, 3.63) is 21.3 Å². The summed E-state index contributed by atoms with van der Waals surface area (Å²) in [5, 5.41) is 3.44. The smallest absolute Gasteiger partial charge is 0.194 e. The van der Waals surface area contributed by atoms with Gasteiger partial charge in [-0.15, -0.1) is 11.3 Å². The second-order valence-electron chi connectivity index (χ2n) is 7.36. The molecule has 1 atom stereocenters. The first-order valence-corrected chi connectivity index (χ1v) is 11.6. The maximum atomic E-state index is 6.04. The van der Waals surface area contributed by atoms with Crippen LogP contribution in [0.4, 0.5) is 0 Å². The number of nitrogens with one attached hydrogen (secondary N) is 1. The van der Waals surface area contributed by atoms with Crippen molar-refractivity contribution in [2.24, 2.45) is 10.9 Å². The van der Waals surface area contributed by atoms with Crippen molar-refractivity contribution in [3.63, 3.8) is 0 Å². The van der Waals surface area contributed by atoms with Crippen LogP contribution < -0.4 is 5.32 Å². The number of hydrogen-bond acceptors (Lipinski definition) is 5. The first-order valence-electron chi connectivity index (χ1n) is 10.4. The Morgan fingerprint density at radius 3 is 2.89 bits per heavy atom. The molecule has 28 heavy (non-hydrogen) atoms. The normalized spacial score (nSPS) is 21.4. The number of aliphatic imine (C=N–C) groups is 1. The van der Waals surface area contributed by atoms with E-state index in [0.717, 1.165) is 95.4 Å². The van der Waals surface area contributed by atoms with Crippen LogP contribution in [0.3, 0.4) is 0 Å². The van der Waals surface area contributed by atoms with Crippen LogP contribution in [-0.2, 0) is 16.0 Å². The van der Waals surface area contributed by atoms with E-state index in [9.17, 15) is 0 Å². The van der Waals surface area contributed by atoms with Crippen molar-refractivity contribution in [2.75, 3.05) is 65.7 Å². The molecule has 1 N–H and O–H groups in total. The lowest BCUT2D eigenvalue weighted by atomic mass is 10.1. The standard InChI is InChI=1S/C20H33ClN4O2S/c1-2-22-20(23-7-3-12-26-15-17-6-13-27-16-17)25-10-8-24(9-11-25)14-18-4-5-19(21)28-18/h4-5,17H,2-3,6-16H2,1H3,(H,22,23). The number of hydrogen-bond donors (Lipinski definition) is 1. The Kier molecular flexibility index (Phi) is 9.34. The molecule has 1 aromatic rings. The molecule has 1 aromatic heterocycles. The molecule has 2 aliphatic rings. The molecule has 0 spiro atoms. The van der Waals surface area contributed by atoms with E-state index >= 15 is 0 Å². The van der Waals surface area contributed by atoms with E-state index in [2.05, 4.69) is 28.1 Å². The minimum Gasteiger partial charge on any atom is -0.381 e. The molecule has 0 aromatic carbocycles. The van der Waals surface area contributed by atoms with Gasteiger partial charge in [0, 0.05) is 69.8 Å². The van der Waals surface area contributed by atoms with Gasteiger partial charge in [-0.25, -0.2) is 0 Å². The largest absolute Gasteiger partial charge is 0.381 e. The molecule has 2 fully saturated rings. The molecule has 8 heteroatoms. The van der Waals surface area contributed by atoms with Gasteiger partial charge in [-0.05, 0) is 31.9 Å². The molecule has 0 saturated carbocycles. The maximum Gasteiger partial charge on any atom is 0.194 e. The first kappa shape index (κ1) is 21.8. The van der Waals surface area contributed by atoms with Gasteiger partial charge in [0.2, 0.25) is 0 Å². The summed E-state index contributed by atoms with van der Waals surface area (Å²) in [4.78, 5) is 11.0. The highest BCUT2D eigenvalue weighted by molar-refractivity contribution is 7.16. The number of halogens is 1. The van der Waals surface area contributed by atoms with Crippen molar-refractivity contribution in [1.82, 2.24) is 15.1 Å². The van der Waals surface area contributed by atoms with Gasteiger partial charge in [0.25, 0.3) is 0 Å². The number of ether oxygens (including phenoxy) is 2. The van der Waals surface area contributed by atoms with E-state index in [-0.39, 0.29) is 0 Å². The molecule has 1 unspecified atom stereocenters. The summed E-state index contributed by atoms with van der Waals surface area (Å²) in [6.07, 6.45) is 2.09. The zero-order valence-corrected chi connectivity index (χ0v) is 18.4. The fourth-order valence-corrected chi connectivity index (χ4v) is 4.65. The Balaban J connectivity index is 1.35. The second kappa shape index (κ2) is 12.0. The van der Waals surface area contributed by atoms with Crippen LogP contribution >= 0.6 is 22.9 Å². The minimum absolute atomic E-state index is 0.585. The van der Waals surface area contributed by atoms with Gasteiger partial charge < -0.3 is 19.7 Å². The lowest BCUT2D eigenvalue weighted by Crippen LogP contribution is -2.52. The van der Waals surface area contributed by atoms with Gasteiger partial charge in [0.15, 0.2) is 5.96 Å². The van der Waals surface area contributed by atoms with Gasteiger partial charge in [0.05, 0.1) is 17.6 Å². The van der Waals surface area contributed by atoms with E-state index in [4.69, 9.17) is 26.1 Å². The summed E-state index contributed by atoms with van der Waals surface area (Å²) in [5.74, 6) is 1.62. The van der Waals surface area contributed by atoms with Crippen molar-refractivity contribution in [2.45, 2.75) is 26.3 Å². The number of thiophene rings is 1. The highest BCUT2D eigenvalue weighted by Crippen LogP contribution is 2.23. The molecule has 3 rings (SSSR count). The molecule has 0 bridgehead atoms. The summed E-state index contributed by atoms with van der Waals surface area (Å²) < 4.78 is 12.0. The maximum absolute atomic E-state index is 6.04. The SMILES string of the molecule is CCNC(=NCCCOCC1CCOC1)N1CCN(Cc2ccc(Cl)s2)CC1. The molecule has 0 radical (unpaired) electrons. The number of rotatable bonds is 9. The third kappa shape index (κ3) is 7.19. The summed E-state index contributed by atoms with van der Waals surface area (Å²) >= 11 is 7.72. The zero-order valence-electron chi connectivity index (χ0n) is 16.9. The Labute approximate surface area is 177 Å². The fraction of sp³-hybridized carbons (Fsp3) is 0.750. The van der Waals surface area contributed by atoms with E-state index < -0.39 is 0 Å². The zero-order chi connectivity index (χ0) is 19.6. The van der Waals surface area contributed by atoms with Crippen molar-refractivity contribution < 1.29 is 9.47 Å². The van der Waals surface area contributed by atoms with Crippen LogP contribution in [0.15, 0.2) is 17.1 Å². The molecule has 2 saturated heterocycles. The van der Waals surface area contributed by atoms with Gasteiger partial charge in [-0.2, -0.15) is 0 Å². The third-order valence-corrected chi connectivity index (χ3v) is 6.32. The molecule has 158 valence electrons. The van der Waals surface area contributed by atoms with E-state index in [0.29, 0.717) is 5.92 Å². The van der Waals surface area contributed by atoms with Gasteiger partial charge in [-0.1, -0.05) is 11.6 Å². The predicted molar refractivity (Wildman–Crippen MR) is 117 cm³/mol. The summed E-state index contributed by atoms with van der Waals surface area (Å²) in [6.45, 7) is 12.2. The van der Waals surface area contributed by atoms with Gasteiger partial charge >= 0.3 is 0 Å². The average Bonchev–Trinajstić information content (AvgIpc) is 3.36. The molecular formula is C20H33ClN4O2S. The highest BCUT2D eigenvalue weighted by Gasteiger charge is 2.20. The number of nitrogens with zero attached hydrogens (tertiary/aromatic N) is 3. The van der Waals surface area contributed by atoms with Crippen molar-refractivity contribution in [1.29, 1.82) is 0 Å². The molecule has 0 amide bonds. The summed E-state index contributed by atoms with van der Waals surface area (Å²) in [5.41, 5.74) is 0. The van der Waals surface area contributed by atoms with Crippen LogP contribution in [0.1, 0.15) is 24.6 Å². The van der Waals surface area contributed by atoms with Crippen molar-refractivity contribution in [3.8, 4) is 0 Å². The number of guanidine groups is 1. The van der Waals surface area contributed by atoms with Crippen molar-refractivity contribution >= 4 is 28.9 Å². The topological polar surface area (TPSA) is 49.3 Å². The average molecular weight is 429 g/mol. The fourth-order valence-electron chi connectivity index (χ4n) is 3.52. The Morgan fingerprint density at radius 1 is 1.36 bits per heavy atom. The Morgan fingerprint density at radius 2 is 2.21 bits per heavy atom. The first-order chi connectivity index (χ1) is 13.7. The van der Waals surface area contributed by atoms with Crippen LogP contribution in [0, 0.1) is 5.92 Å². The van der Waals surface area contributed by atoms with Crippen LogP contribution in [0.25, 0.3) is 0 Å². The quantitative estimate of drug-likeness (QED) is 0.372. The molecule has 2 aliphatic heterocycles. The molecule has 0 aliphatic carbocycles. The summed E-state index contributed by atoms with van der Waals surface area (Å²) in [6, 6.07) is 4.12. The number of piperazine rings is 1. The second-order valence-corrected chi connectivity index (χ2v) is 9.16. The van der Waals surface area contributed by atoms with Crippen LogP contribution in [0.2, 0.25) is 4.34 Å².